The van der Waals surface area contributed by atoms with Gasteiger partial charge >= 0.3 is 6.03 Å². The Morgan fingerprint density at radius 1 is 1.16 bits per heavy atom. The first-order valence-electron chi connectivity index (χ1n) is 11.7. The molecule has 2 heterocycles. The SMILES string of the molecule is Cc1cccc(-c2nc3c(c(=O)[nH]2)CN(C(=O)NC24CC5CC(CC(C5)C2)C4)CC3)c1. The number of amides is 2. The maximum atomic E-state index is 13.2. The van der Waals surface area contributed by atoms with Crippen molar-refractivity contribution in [3.8, 4) is 11.4 Å². The molecule has 1 aromatic heterocycles. The number of hydrogen-bond donors (Lipinski definition) is 2. The van der Waals surface area contributed by atoms with Crippen molar-refractivity contribution in [1.82, 2.24) is 20.2 Å². The minimum absolute atomic E-state index is 0.00485. The highest BCUT2D eigenvalue weighted by Crippen LogP contribution is 2.55. The second-order valence-corrected chi connectivity index (χ2v) is 10.5. The molecular weight excluding hydrogens is 388 g/mol. The number of benzene rings is 1. The molecule has 4 aliphatic carbocycles. The smallest absolute Gasteiger partial charge is 0.318 e. The summed E-state index contributed by atoms with van der Waals surface area (Å²) >= 11 is 0. The number of fused-ring (bicyclic) bond motifs is 1. The summed E-state index contributed by atoms with van der Waals surface area (Å²) in [6, 6.07) is 7.99. The molecule has 2 N–H and O–H groups in total. The number of aromatic amines is 1. The molecular formula is C25H30N4O2. The van der Waals surface area contributed by atoms with E-state index < -0.39 is 0 Å². The Kier molecular flexibility index (Phi) is 4.27. The van der Waals surface area contributed by atoms with Gasteiger partial charge in [0.25, 0.3) is 5.56 Å². The monoisotopic (exact) mass is 418 g/mol. The number of nitrogens with zero attached hydrogens (tertiary/aromatic N) is 2. The fourth-order valence-corrected chi connectivity index (χ4v) is 7.10. The summed E-state index contributed by atoms with van der Waals surface area (Å²) < 4.78 is 0. The van der Waals surface area contributed by atoms with Crippen LogP contribution in [0.4, 0.5) is 4.79 Å². The molecule has 2 amide bonds. The molecule has 0 radical (unpaired) electrons. The predicted molar refractivity (Wildman–Crippen MR) is 119 cm³/mol. The van der Waals surface area contributed by atoms with Gasteiger partial charge < -0.3 is 15.2 Å². The van der Waals surface area contributed by atoms with Gasteiger partial charge in [0.15, 0.2) is 0 Å². The Balaban J connectivity index is 1.21. The fourth-order valence-electron chi connectivity index (χ4n) is 7.10. The molecule has 4 fully saturated rings. The first kappa shape index (κ1) is 19.1. The van der Waals surface area contributed by atoms with Crippen molar-refractivity contribution >= 4 is 6.03 Å². The van der Waals surface area contributed by atoms with Gasteiger partial charge in [-0.1, -0.05) is 23.8 Å². The summed E-state index contributed by atoms with van der Waals surface area (Å²) in [6.45, 7) is 2.97. The van der Waals surface area contributed by atoms with Crippen LogP contribution in [0.2, 0.25) is 0 Å². The first-order valence-corrected chi connectivity index (χ1v) is 11.7. The van der Waals surface area contributed by atoms with E-state index in [1.54, 1.807) is 0 Å². The molecule has 6 heteroatoms. The van der Waals surface area contributed by atoms with Crippen LogP contribution >= 0.6 is 0 Å². The molecule has 1 aromatic carbocycles. The molecule has 7 rings (SSSR count). The van der Waals surface area contributed by atoms with Crippen molar-refractivity contribution in [3.05, 3.63) is 51.4 Å². The van der Waals surface area contributed by atoms with Crippen molar-refractivity contribution in [3.63, 3.8) is 0 Å². The van der Waals surface area contributed by atoms with E-state index in [0.29, 0.717) is 30.9 Å². The summed E-state index contributed by atoms with van der Waals surface area (Å²) in [4.78, 5) is 35.6. The average Bonchev–Trinajstić information content (AvgIpc) is 2.72. The Labute approximate surface area is 182 Å². The van der Waals surface area contributed by atoms with Gasteiger partial charge in [0, 0.05) is 24.1 Å². The van der Waals surface area contributed by atoms with Crippen molar-refractivity contribution in [2.24, 2.45) is 17.8 Å². The number of carbonyl (C=O) groups is 1. The van der Waals surface area contributed by atoms with Gasteiger partial charge in [0.2, 0.25) is 0 Å². The van der Waals surface area contributed by atoms with E-state index in [9.17, 15) is 9.59 Å². The van der Waals surface area contributed by atoms with E-state index in [1.807, 2.05) is 36.1 Å². The zero-order valence-corrected chi connectivity index (χ0v) is 18.1. The topological polar surface area (TPSA) is 78.1 Å². The summed E-state index contributed by atoms with van der Waals surface area (Å²) in [5.74, 6) is 2.99. The molecule has 0 saturated heterocycles. The van der Waals surface area contributed by atoms with E-state index in [2.05, 4.69) is 10.3 Å². The molecule has 5 aliphatic rings. The van der Waals surface area contributed by atoms with Gasteiger partial charge in [-0.3, -0.25) is 4.79 Å². The number of urea groups is 1. The summed E-state index contributed by atoms with van der Waals surface area (Å²) in [7, 11) is 0. The summed E-state index contributed by atoms with van der Waals surface area (Å²) in [5, 5.41) is 3.44. The van der Waals surface area contributed by atoms with Crippen LogP contribution in [0.1, 0.15) is 55.3 Å². The van der Waals surface area contributed by atoms with Gasteiger partial charge in [-0.05, 0) is 69.3 Å². The molecule has 4 saturated carbocycles. The number of rotatable bonds is 2. The van der Waals surface area contributed by atoms with Gasteiger partial charge in [0.1, 0.15) is 5.82 Å². The molecule has 4 bridgehead atoms. The summed E-state index contributed by atoms with van der Waals surface area (Å²) in [5.41, 5.74) is 3.36. The van der Waals surface area contributed by atoms with Crippen LogP contribution in [0, 0.1) is 24.7 Å². The molecule has 0 unspecified atom stereocenters. The van der Waals surface area contributed by atoms with Crippen molar-refractivity contribution in [2.45, 2.75) is 64.0 Å². The van der Waals surface area contributed by atoms with Crippen LogP contribution in [-0.4, -0.2) is 33.0 Å². The maximum absolute atomic E-state index is 13.2. The Morgan fingerprint density at radius 2 is 1.87 bits per heavy atom. The minimum Gasteiger partial charge on any atom is -0.333 e. The normalized spacial score (nSPS) is 30.9. The maximum Gasteiger partial charge on any atom is 0.318 e. The average molecular weight is 419 g/mol. The number of carbonyl (C=O) groups excluding carboxylic acids is 1. The van der Waals surface area contributed by atoms with Crippen LogP contribution < -0.4 is 10.9 Å². The largest absolute Gasteiger partial charge is 0.333 e. The third-order valence-corrected chi connectivity index (χ3v) is 8.06. The Morgan fingerprint density at radius 3 is 2.55 bits per heavy atom. The van der Waals surface area contributed by atoms with Crippen LogP contribution in [0.3, 0.4) is 0 Å². The van der Waals surface area contributed by atoms with E-state index in [-0.39, 0.29) is 17.1 Å². The number of aromatic nitrogens is 2. The number of aryl methyl sites for hydroxylation is 1. The molecule has 162 valence electrons. The molecule has 6 nitrogen and oxygen atoms in total. The number of nitrogens with one attached hydrogen (secondary N) is 2. The Bertz CT molecular complexity index is 1070. The highest BCUT2D eigenvalue weighted by Gasteiger charge is 2.51. The van der Waals surface area contributed by atoms with Crippen LogP contribution in [-0.2, 0) is 13.0 Å². The lowest BCUT2D eigenvalue weighted by molar-refractivity contribution is -0.0159. The zero-order valence-electron chi connectivity index (χ0n) is 18.1. The van der Waals surface area contributed by atoms with E-state index in [4.69, 9.17) is 4.98 Å². The van der Waals surface area contributed by atoms with Gasteiger partial charge in [-0.25, -0.2) is 9.78 Å². The second-order valence-electron chi connectivity index (χ2n) is 10.5. The molecule has 0 atom stereocenters. The lowest BCUT2D eigenvalue weighted by atomic mass is 9.53. The quantitative estimate of drug-likeness (QED) is 0.779. The van der Waals surface area contributed by atoms with E-state index >= 15 is 0 Å². The molecule has 1 aliphatic heterocycles. The third-order valence-electron chi connectivity index (χ3n) is 8.06. The van der Waals surface area contributed by atoms with Gasteiger partial charge in [-0.15, -0.1) is 0 Å². The Hall–Kier alpha value is -2.63. The van der Waals surface area contributed by atoms with E-state index in [0.717, 1.165) is 53.8 Å². The number of hydrogen-bond acceptors (Lipinski definition) is 3. The third kappa shape index (κ3) is 3.36. The van der Waals surface area contributed by atoms with Gasteiger partial charge in [0.05, 0.1) is 17.8 Å². The second kappa shape index (κ2) is 6.94. The number of H-pyrrole nitrogens is 1. The lowest BCUT2D eigenvalue weighted by Crippen LogP contribution is -2.62. The van der Waals surface area contributed by atoms with Crippen molar-refractivity contribution in [2.75, 3.05) is 6.54 Å². The highest BCUT2D eigenvalue weighted by atomic mass is 16.2. The lowest BCUT2D eigenvalue weighted by Gasteiger charge is -2.57. The summed E-state index contributed by atoms with van der Waals surface area (Å²) in [6.07, 6.45) is 8.10. The molecule has 31 heavy (non-hydrogen) atoms. The van der Waals surface area contributed by atoms with Crippen molar-refractivity contribution in [1.29, 1.82) is 0 Å². The zero-order chi connectivity index (χ0) is 21.2. The van der Waals surface area contributed by atoms with Crippen LogP contribution in [0.25, 0.3) is 11.4 Å². The van der Waals surface area contributed by atoms with Crippen molar-refractivity contribution < 1.29 is 4.79 Å². The van der Waals surface area contributed by atoms with Crippen LogP contribution in [0.15, 0.2) is 29.1 Å². The standard InChI is InChI=1S/C25H30N4O2/c1-15-3-2-4-19(7-15)22-26-21-5-6-29(14-20(21)23(30)27-22)24(31)28-25-11-16-8-17(12-25)10-18(9-16)13-25/h2-4,7,16-18H,5-6,8-14H2,1H3,(H,28,31)(H,26,27,30). The fraction of sp³-hybridized carbons (Fsp3) is 0.560. The molecule has 2 aromatic rings. The van der Waals surface area contributed by atoms with Gasteiger partial charge in [-0.2, -0.15) is 0 Å². The van der Waals surface area contributed by atoms with E-state index in [1.165, 1.54) is 19.3 Å². The predicted octanol–water partition coefficient (Wildman–Crippen LogP) is 3.78. The van der Waals surface area contributed by atoms with Crippen LogP contribution in [0.5, 0.6) is 0 Å². The minimum atomic E-state index is -0.131. The molecule has 0 spiro atoms. The first-order chi connectivity index (χ1) is 15.0. The highest BCUT2D eigenvalue weighted by molar-refractivity contribution is 5.75.